The number of benzene rings is 3. The highest BCUT2D eigenvalue weighted by Gasteiger charge is 2.16. The van der Waals surface area contributed by atoms with Crippen LogP contribution < -0.4 is 0 Å². The summed E-state index contributed by atoms with van der Waals surface area (Å²) in [7, 11) is 0. The largest absolute Gasteiger partial charge is 0.274 e. The minimum absolute atomic E-state index is 0.636. The van der Waals surface area contributed by atoms with Crippen LogP contribution in [0.3, 0.4) is 0 Å². The molecule has 3 aromatic carbocycles. The zero-order valence-corrected chi connectivity index (χ0v) is 19.1. The van der Waals surface area contributed by atoms with Gasteiger partial charge in [0.2, 0.25) is 0 Å². The van der Waals surface area contributed by atoms with E-state index in [9.17, 15) is 0 Å². The van der Waals surface area contributed by atoms with Crippen molar-refractivity contribution in [3.8, 4) is 5.69 Å². The van der Waals surface area contributed by atoms with Gasteiger partial charge in [-0.15, -0.1) is 10.2 Å². The molecule has 3 nitrogen and oxygen atoms in total. The highest BCUT2D eigenvalue weighted by molar-refractivity contribution is 7.98. The Labute approximate surface area is 191 Å². The van der Waals surface area contributed by atoms with Crippen LogP contribution in [0.25, 0.3) is 5.69 Å². The SMILES string of the molecule is Cc1ccc(-n2c(Cc3ccccc3)nnc2SCc2ccc(Cl)cc2Cl)cc1C. The average Bonchev–Trinajstić information content (AvgIpc) is 3.12. The van der Waals surface area contributed by atoms with Crippen molar-refractivity contribution in [3.05, 3.63) is 105 Å². The van der Waals surface area contributed by atoms with Crippen LogP contribution >= 0.6 is 35.0 Å². The van der Waals surface area contributed by atoms with E-state index in [0.29, 0.717) is 22.2 Å². The van der Waals surface area contributed by atoms with E-state index in [-0.39, 0.29) is 0 Å². The molecule has 152 valence electrons. The molecule has 1 heterocycles. The third-order valence-electron chi connectivity index (χ3n) is 5.03. The quantitative estimate of drug-likeness (QED) is 0.292. The van der Waals surface area contributed by atoms with Gasteiger partial charge >= 0.3 is 0 Å². The van der Waals surface area contributed by atoms with Gasteiger partial charge in [0.25, 0.3) is 0 Å². The predicted molar refractivity (Wildman–Crippen MR) is 126 cm³/mol. The number of aromatic nitrogens is 3. The minimum Gasteiger partial charge on any atom is -0.274 e. The van der Waals surface area contributed by atoms with Gasteiger partial charge in [-0.2, -0.15) is 0 Å². The first-order valence-electron chi connectivity index (χ1n) is 9.64. The first-order chi connectivity index (χ1) is 14.5. The Morgan fingerprint density at radius 3 is 2.40 bits per heavy atom. The normalized spacial score (nSPS) is 11.1. The van der Waals surface area contributed by atoms with Crippen LogP contribution in [0.1, 0.15) is 28.1 Å². The molecule has 0 atom stereocenters. The minimum atomic E-state index is 0.636. The fourth-order valence-corrected chi connectivity index (χ4v) is 4.72. The van der Waals surface area contributed by atoms with Gasteiger partial charge in [0.15, 0.2) is 5.16 Å². The first-order valence-corrected chi connectivity index (χ1v) is 11.4. The Morgan fingerprint density at radius 2 is 1.67 bits per heavy atom. The van der Waals surface area contributed by atoms with Crippen molar-refractivity contribution in [2.45, 2.75) is 31.2 Å². The molecule has 0 aliphatic carbocycles. The van der Waals surface area contributed by atoms with Crippen molar-refractivity contribution in [2.75, 3.05) is 0 Å². The number of aryl methyl sites for hydroxylation is 2. The smallest absolute Gasteiger partial charge is 0.196 e. The van der Waals surface area contributed by atoms with E-state index in [4.69, 9.17) is 23.2 Å². The van der Waals surface area contributed by atoms with E-state index in [0.717, 1.165) is 22.2 Å². The van der Waals surface area contributed by atoms with E-state index < -0.39 is 0 Å². The van der Waals surface area contributed by atoms with Crippen molar-refractivity contribution in [3.63, 3.8) is 0 Å². The summed E-state index contributed by atoms with van der Waals surface area (Å²) < 4.78 is 2.15. The van der Waals surface area contributed by atoms with Gasteiger partial charge in [-0.1, -0.05) is 77.4 Å². The standard InChI is InChI=1S/C24H21Cl2N3S/c1-16-8-11-21(12-17(16)2)29-23(13-18-6-4-3-5-7-18)27-28-24(29)30-15-19-9-10-20(25)14-22(19)26/h3-12,14H,13,15H2,1-2H3. The predicted octanol–water partition coefficient (Wildman–Crippen LogP) is 7.07. The van der Waals surface area contributed by atoms with Crippen molar-refractivity contribution in [1.29, 1.82) is 0 Å². The van der Waals surface area contributed by atoms with E-state index in [1.54, 1.807) is 17.8 Å². The molecule has 4 rings (SSSR count). The third kappa shape index (κ3) is 4.72. The molecule has 0 N–H and O–H groups in total. The monoisotopic (exact) mass is 453 g/mol. The maximum atomic E-state index is 6.36. The zero-order valence-electron chi connectivity index (χ0n) is 16.8. The van der Waals surface area contributed by atoms with Crippen molar-refractivity contribution < 1.29 is 0 Å². The average molecular weight is 454 g/mol. The van der Waals surface area contributed by atoms with Gasteiger partial charge in [-0.3, -0.25) is 4.57 Å². The number of rotatable bonds is 6. The molecule has 0 unspecified atom stereocenters. The molecular formula is C24H21Cl2N3S. The summed E-state index contributed by atoms with van der Waals surface area (Å²) in [5, 5.41) is 11.2. The molecule has 0 saturated carbocycles. The van der Waals surface area contributed by atoms with Crippen molar-refractivity contribution in [2.24, 2.45) is 0 Å². The topological polar surface area (TPSA) is 30.7 Å². The molecule has 0 saturated heterocycles. The summed E-state index contributed by atoms with van der Waals surface area (Å²) in [6.07, 6.45) is 0.711. The van der Waals surface area contributed by atoms with Gasteiger partial charge in [0.05, 0.1) is 0 Å². The molecule has 0 aliphatic heterocycles. The molecule has 0 amide bonds. The molecule has 0 aliphatic rings. The van der Waals surface area contributed by atoms with Gasteiger partial charge < -0.3 is 0 Å². The maximum absolute atomic E-state index is 6.36. The molecule has 4 aromatic rings. The van der Waals surface area contributed by atoms with Crippen molar-refractivity contribution >= 4 is 35.0 Å². The van der Waals surface area contributed by atoms with Crippen LogP contribution in [0.15, 0.2) is 71.9 Å². The molecule has 6 heteroatoms. The first kappa shape index (κ1) is 21.0. The molecule has 0 radical (unpaired) electrons. The number of hydrogen-bond acceptors (Lipinski definition) is 3. The summed E-state index contributed by atoms with van der Waals surface area (Å²) in [5.41, 5.74) is 5.79. The van der Waals surface area contributed by atoms with Crippen molar-refractivity contribution in [1.82, 2.24) is 14.8 Å². The molecule has 30 heavy (non-hydrogen) atoms. The molecular weight excluding hydrogens is 433 g/mol. The van der Waals surface area contributed by atoms with Crippen LogP contribution in [-0.4, -0.2) is 14.8 Å². The van der Waals surface area contributed by atoms with E-state index in [2.05, 4.69) is 58.9 Å². The van der Waals surface area contributed by atoms with Gasteiger partial charge in [0, 0.05) is 27.9 Å². The molecule has 0 spiro atoms. The maximum Gasteiger partial charge on any atom is 0.196 e. The van der Waals surface area contributed by atoms with Gasteiger partial charge in [-0.05, 0) is 60.4 Å². The number of halogens is 2. The Hall–Kier alpha value is -2.27. The summed E-state index contributed by atoms with van der Waals surface area (Å²) in [6, 6.07) is 22.4. The lowest BCUT2D eigenvalue weighted by molar-refractivity contribution is 0.846. The molecule has 0 bridgehead atoms. The Bertz CT molecular complexity index is 1170. The summed E-state index contributed by atoms with van der Waals surface area (Å²) >= 11 is 14.0. The highest BCUT2D eigenvalue weighted by Crippen LogP contribution is 2.30. The van der Waals surface area contributed by atoms with Gasteiger partial charge in [-0.25, -0.2) is 0 Å². The van der Waals surface area contributed by atoms with E-state index in [1.165, 1.54) is 16.7 Å². The van der Waals surface area contributed by atoms with Crippen LogP contribution in [-0.2, 0) is 12.2 Å². The Morgan fingerprint density at radius 1 is 0.867 bits per heavy atom. The Kier molecular flexibility index (Phi) is 6.47. The highest BCUT2D eigenvalue weighted by atomic mass is 35.5. The van der Waals surface area contributed by atoms with Crippen LogP contribution in [0.2, 0.25) is 10.0 Å². The fraction of sp³-hybridized carbons (Fsp3) is 0.167. The number of hydrogen-bond donors (Lipinski definition) is 0. The second-order valence-corrected chi connectivity index (χ2v) is 8.98. The Balaban J connectivity index is 1.69. The fourth-order valence-electron chi connectivity index (χ4n) is 3.19. The summed E-state index contributed by atoms with van der Waals surface area (Å²) in [6.45, 7) is 4.24. The van der Waals surface area contributed by atoms with E-state index >= 15 is 0 Å². The second-order valence-electron chi connectivity index (χ2n) is 7.19. The zero-order chi connectivity index (χ0) is 21.1. The van der Waals surface area contributed by atoms with E-state index in [1.807, 2.05) is 30.3 Å². The third-order valence-corrected chi connectivity index (χ3v) is 6.59. The molecule has 0 fully saturated rings. The summed E-state index contributed by atoms with van der Waals surface area (Å²) in [5.74, 6) is 1.60. The number of nitrogens with zero attached hydrogens (tertiary/aromatic N) is 3. The van der Waals surface area contributed by atoms with Crippen LogP contribution in [0.5, 0.6) is 0 Å². The van der Waals surface area contributed by atoms with Gasteiger partial charge in [0.1, 0.15) is 5.82 Å². The second kappa shape index (κ2) is 9.25. The number of thioether (sulfide) groups is 1. The lowest BCUT2D eigenvalue weighted by Crippen LogP contribution is -2.04. The lowest BCUT2D eigenvalue weighted by atomic mass is 10.1. The van der Waals surface area contributed by atoms with Crippen LogP contribution in [0.4, 0.5) is 0 Å². The summed E-state index contributed by atoms with van der Waals surface area (Å²) in [4.78, 5) is 0. The molecule has 1 aromatic heterocycles. The van der Waals surface area contributed by atoms with Crippen LogP contribution in [0, 0.1) is 13.8 Å². The lowest BCUT2D eigenvalue weighted by Gasteiger charge is -2.12.